The summed E-state index contributed by atoms with van der Waals surface area (Å²) in [5.74, 6) is 0.502. The lowest BCUT2D eigenvalue weighted by Gasteiger charge is -2.12. The number of hydrogen-bond donors (Lipinski definition) is 2. The number of hydrogen-bond acceptors (Lipinski definition) is 5. The molecule has 28 heavy (non-hydrogen) atoms. The molecule has 0 radical (unpaired) electrons. The van der Waals surface area contributed by atoms with E-state index in [1.165, 1.54) is 4.88 Å². The standard InChI is InChI=1S/C16H19ClF3N5OS.HI/c1-3-11-8-23-13(27-11)9-25-15(21-2)22-4-5-26-14-12(17)6-10(7-24-14)16(18,19)20;/h6-8H,3-5,9H2,1-2H3,(H2,21,22,25);1H. The second kappa shape index (κ2) is 11.6. The summed E-state index contributed by atoms with van der Waals surface area (Å²) in [6, 6.07) is 0.788. The van der Waals surface area contributed by atoms with Gasteiger partial charge in [0.15, 0.2) is 5.96 Å². The van der Waals surface area contributed by atoms with Crippen molar-refractivity contribution in [1.29, 1.82) is 0 Å². The number of ether oxygens (including phenoxy) is 1. The molecule has 0 saturated heterocycles. The summed E-state index contributed by atoms with van der Waals surface area (Å²) in [7, 11) is 1.63. The van der Waals surface area contributed by atoms with Gasteiger partial charge in [-0.1, -0.05) is 18.5 Å². The summed E-state index contributed by atoms with van der Waals surface area (Å²) < 4.78 is 43.0. The molecule has 0 bridgehead atoms. The fraction of sp³-hybridized carbons (Fsp3) is 0.438. The normalized spacial score (nSPS) is 11.7. The van der Waals surface area contributed by atoms with Crippen LogP contribution in [0.15, 0.2) is 23.5 Å². The number of nitrogens with one attached hydrogen (secondary N) is 2. The van der Waals surface area contributed by atoms with E-state index in [4.69, 9.17) is 16.3 Å². The Morgan fingerprint density at radius 1 is 1.29 bits per heavy atom. The zero-order valence-corrected chi connectivity index (χ0v) is 19.0. The van der Waals surface area contributed by atoms with E-state index in [2.05, 4.69) is 32.5 Å². The number of pyridine rings is 1. The van der Waals surface area contributed by atoms with Gasteiger partial charge >= 0.3 is 6.18 Å². The molecule has 0 aliphatic rings. The Morgan fingerprint density at radius 2 is 2.04 bits per heavy atom. The SMILES string of the molecule is CCc1cnc(CNC(=NC)NCCOc2ncc(C(F)(F)F)cc2Cl)s1.I. The number of aryl methyl sites for hydroxylation is 1. The van der Waals surface area contributed by atoms with E-state index in [1.54, 1.807) is 18.4 Å². The first kappa shape index (κ1) is 24.7. The number of rotatable bonds is 7. The van der Waals surface area contributed by atoms with E-state index in [-0.39, 0.29) is 41.5 Å². The number of thiazole rings is 1. The highest BCUT2D eigenvalue weighted by molar-refractivity contribution is 14.0. The summed E-state index contributed by atoms with van der Waals surface area (Å²) in [6.45, 7) is 3.12. The zero-order valence-electron chi connectivity index (χ0n) is 15.1. The van der Waals surface area contributed by atoms with Gasteiger partial charge in [0.25, 0.3) is 0 Å². The summed E-state index contributed by atoms with van der Waals surface area (Å²) in [6.07, 6.45) is -1.01. The Labute approximate surface area is 187 Å². The number of aliphatic imine (C=N–C) groups is 1. The Hall–Kier alpha value is -1.34. The van der Waals surface area contributed by atoms with Crippen molar-refractivity contribution in [2.45, 2.75) is 26.1 Å². The molecule has 2 rings (SSSR count). The quantitative estimate of drug-likeness (QED) is 0.235. The molecule has 6 nitrogen and oxygen atoms in total. The van der Waals surface area contributed by atoms with Gasteiger partial charge in [-0.05, 0) is 12.5 Å². The van der Waals surface area contributed by atoms with Crippen LogP contribution in [-0.4, -0.2) is 36.1 Å². The average Bonchev–Trinajstić information content (AvgIpc) is 3.09. The minimum Gasteiger partial charge on any atom is -0.475 e. The second-order valence-corrected chi connectivity index (χ2v) is 6.89. The van der Waals surface area contributed by atoms with Gasteiger partial charge in [-0.15, -0.1) is 35.3 Å². The lowest BCUT2D eigenvalue weighted by atomic mass is 10.3. The molecule has 0 unspecified atom stereocenters. The lowest BCUT2D eigenvalue weighted by molar-refractivity contribution is -0.137. The smallest absolute Gasteiger partial charge is 0.417 e. The fourth-order valence-corrected chi connectivity index (χ4v) is 3.00. The van der Waals surface area contributed by atoms with Crippen LogP contribution in [0.2, 0.25) is 5.02 Å². The summed E-state index contributed by atoms with van der Waals surface area (Å²) in [5.41, 5.74) is -0.920. The van der Waals surface area contributed by atoms with E-state index in [9.17, 15) is 13.2 Å². The largest absolute Gasteiger partial charge is 0.475 e. The van der Waals surface area contributed by atoms with E-state index in [1.807, 2.05) is 6.20 Å². The van der Waals surface area contributed by atoms with Gasteiger partial charge in [0.1, 0.15) is 16.6 Å². The van der Waals surface area contributed by atoms with Gasteiger partial charge in [0.05, 0.1) is 18.7 Å². The molecule has 2 N–H and O–H groups in total. The highest BCUT2D eigenvalue weighted by atomic mass is 127. The predicted octanol–water partition coefficient (Wildman–Crippen LogP) is 4.13. The Bertz CT molecular complexity index is 788. The lowest BCUT2D eigenvalue weighted by Crippen LogP contribution is -2.38. The number of aromatic nitrogens is 2. The van der Waals surface area contributed by atoms with E-state index >= 15 is 0 Å². The van der Waals surface area contributed by atoms with Gasteiger partial charge in [0.2, 0.25) is 5.88 Å². The number of nitrogens with zero attached hydrogens (tertiary/aromatic N) is 3. The van der Waals surface area contributed by atoms with Crippen molar-refractivity contribution >= 4 is 52.9 Å². The second-order valence-electron chi connectivity index (χ2n) is 5.28. The first-order chi connectivity index (χ1) is 12.8. The minimum absolute atomic E-state index is 0. The zero-order chi connectivity index (χ0) is 19.9. The van der Waals surface area contributed by atoms with Gasteiger partial charge in [-0.3, -0.25) is 4.99 Å². The fourth-order valence-electron chi connectivity index (χ4n) is 1.98. The van der Waals surface area contributed by atoms with Gasteiger partial charge < -0.3 is 15.4 Å². The summed E-state index contributed by atoms with van der Waals surface area (Å²) in [5, 5.41) is 6.91. The third kappa shape index (κ3) is 7.59. The van der Waals surface area contributed by atoms with Crippen LogP contribution < -0.4 is 15.4 Å². The van der Waals surface area contributed by atoms with Crippen molar-refractivity contribution in [3.8, 4) is 5.88 Å². The van der Waals surface area contributed by atoms with Crippen LogP contribution in [0.5, 0.6) is 5.88 Å². The van der Waals surface area contributed by atoms with Crippen LogP contribution in [0, 0.1) is 0 Å². The molecule has 0 aromatic carbocycles. The third-order valence-electron chi connectivity index (χ3n) is 3.35. The molecular formula is C16H20ClF3IN5OS. The molecule has 0 aliphatic heterocycles. The maximum Gasteiger partial charge on any atom is 0.417 e. The first-order valence-electron chi connectivity index (χ1n) is 8.07. The Morgan fingerprint density at radius 3 is 2.61 bits per heavy atom. The average molecular weight is 550 g/mol. The number of halogens is 5. The first-order valence-corrected chi connectivity index (χ1v) is 9.26. The van der Waals surface area contributed by atoms with Crippen molar-refractivity contribution in [2.24, 2.45) is 4.99 Å². The topological polar surface area (TPSA) is 71.4 Å². The number of guanidine groups is 1. The van der Waals surface area contributed by atoms with E-state index in [0.29, 0.717) is 25.2 Å². The van der Waals surface area contributed by atoms with Gasteiger partial charge in [0, 0.05) is 24.3 Å². The molecule has 0 fully saturated rings. The van der Waals surface area contributed by atoms with E-state index in [0.717, 1.165) is 17.5 Å². The van der Waals surface area contributed by atoms with Crippen LogP contribution in [0.4, 0.5) is 13.2 Å². The molecule has 2 aromatic rings. The number of alkyl halides is 3. The molecule has 0 saturated carbocycles. The minimum atomic E-state index is -4.50. The predicted molar refractivity (Wildman–Crippen MR) is 115 cm³/mol. The van der Waals surface area contributed by atoms with Crippen LogP contribution in [0.3, 0.4) is 0 Å². The Balaban J connectivity index is 0.00000392. The monoisotopic (exact) mass is 549 g/mol. The van der Waals surface area contributed by atoms with Crippen molar-refractivity contribution in [3.63, 3.8) is 0 Å². The molecule has 156 valence electrons. The highest BCUT2D eigenvalue weighted by Crippen LogP contribution is 2.32. The third-order valence-corrected chi connectivity index (χ3v) is 4.76. The van der Waals surface area contributed by atoms with Crippen LogP contribution >= 0.6 is 46.9 Å². The highest BCUT2D eigenvalue weighted by Gasteiger charge is 2.31. The van der Waals surface area contributed by atoms with Crippen LogP contribution in [0.25, 0.3) is 0 Å². The molecule has 0 amide bonds. The molecule has 2 heterocycles. The molecule has 12 heteroatoms. The summed E-state index contributed by atoms with van der Waals surface area (Å²) >= 11 is 7.42. The molecule has 2 aromatic heterocycles. The molecule has 0 spiro atoms. The van der Waals surface area contributed by atoms with Crippen molar-refractivity contribution in [3.05, 3.63) is 38.9 Å². The van der Waals surface area contributed by atoms with E-state index < -0.39 is 11.7 Å². The van der Waals surface area contributed by atoms with Crippen molar-refractivity contribution in [2.75, 3.05) is 20.2 Å². The summed E-state index contributed by atoms with van der Waals surface area (Å²) in [4.78, 5) is 13.2. The van der Waals surface area contributed by atoms with Gasteiger partial charge in [-0.25, -0.2) is 9.97 Å². The maximum absolute atomic E-state index is 12.6. The molecule has 0 aliphatic carbocycles. The van der Waals surface area contributed by atoms with Crippen LogP contribution in [0.1, 0.15) is 22.4 Å². The molecule has 0 atom stereocenters. The van der Waals surface area contributed by atoms with Crippen LogP contribution in [-0.2, 0) is 19.1 Å². The maximum atomic E-state index is 12.6. The van der Waals surface area contributed by atoms with Crippen molar-refractivity contribution < 1.29 is 17.9 Å². The Kier molecular flexibility index (Phi) is 10.2. The molecular weight excluding hydrogens is 530 g/mol. The van der Waals surface area contributed by atoms with Gasteiger partial charge in [-0.2, -0.15) is 13.2 Å². The van der Waals surface area contributed by atoms with Crippen molar-refractivity contribution in [1.82, 2.24) is 20.6 Å².